The molecule has 4 aliphatic heterocycles. The van der Waals surface area contributed by atoms with Crippen LogP contribution in [0.5, 0.6) is 0 Å². The number of carbonyl (C=O) groups is 3. The Balaban J connectivity index is 1.29. The van der Waals surface area contributed by atoms with E-state index in [0.29, 0.717) is 17.9 Å². The molecule has 17 heteroatoms. The third-order valence-electron chi connectivity index (χ3n) is 6.33. The van der Waals surface area contributed by atoms with Gasteiger partial charge in [-0.25, -0.2) is 14.8 Å². The van der Waals surface area contributed by atoms with Crippen LogP contribution in [0.3, 0.4) is 0 Å². The number of thiazole rings is 1. The first-order valence-corrected chi connectivity index (χ1v) is 14.2. The molecule has 5 rings (SSSR count). The number of hydrogen-bond acceptors (Lipinski definition) is 14. The molecule has 40 heavy (non-hydrogen) atoms. The maximum atomic E-state index is 13.1. The highest BCUT2D eigenvalue weighted by Gasteiger charge is 2.54. The van der Waals surface area contributed by atoms with E-state index in [1.54, 1.807) is 5.38 Å². The van der Waals surface area contributed by atoms with Crippen LogP contribution in [-0.2, 0) is 19.2 Å². The highest BCUT2D eigenvalue weighted by Crippen LogP contribution is 2.41. The first-order valence-electron chi connectivity index (χ1n) is 12.2. The lowest BCUT2D eigenvalue weighted by Gasteiger charge is -2.49. The van der Waals surface area contributed by atoms with Crippen molar-refractivity contribution in [2.45, 2.75) is 17.8 Å². The van der Waals surface area contributed by atoms with Crippen molar-refractivity contribution < 1.29 is 24.3 Å². The second-order valence-corrected chi connectivity index (χ2v) is 10.9. The number of oxime groups is 1. The fourth-order valence-electron chi connectivity index (χ4n) is 4.50. The predicted octanol–water partition coefficient (Wildman–Crippen LogP) is -0.957. The number of anilines is 1. The number of fused-ring (bicyclic) bond motifs is 2. The average molecular weight is 589 g/mol. The molecule has 1 aromatic heterocycles. The summed E-state index contributed by atoms with van der Waals surface area (Å²) in [6.07, 6.45) is 8.31. The number of carboxylic acid groups (broad SMARTS) is 1. The van der Waals surface area contributed by atoms with Crippen LogP contribution in [0.2, 0.25) is 0 Å². The summed E-state index contributed by atoms with van der Waals surface area (Å²) in [6.45, 7) is 1.59. The lowest BCUT2D eigenvalue weighted by molar-refractivity contribution is -0.150. The van der Waals surface area contributed by atoms with Gasteiger partial charge in [-0.1, -0.05) is 5.16 Å². The zero-order chi connectivity index (χ0) is 28.4. The van der Waals surface area contributed by atoms with E-state index in [1.807, 2.05) is 34.5 Å². The second kappa shape index (κ2) is 11.5. The third kappa shape index (κ3) is 5.17. The molecule has 1 saturated heterocycles. The fourth-order valence-corrected chi connectivity index (χ4v) is 6.39. The fraction of sp³-hybridized carbons (Fsp3) is 0.348. The Morgan fingerprint density at radius 3 is 2.88 bits per heavy atom. The van der Waals surface area contributed by atoms with Gasteiger partial charge in [-0.2, -0.15) is 0 Å². The molecular formula is C23H28N10O5S2. The first kappa shape index (κ1) is 27.4. The maximum absolute atomic E-state index is 13.1. The number of carbonyl (C=O) groups excluding carboxylic acids is 2. The minimum atomic E-state index is -1.21. The third-order valence-corrected chi connectivity index (χ3v) is 8.35. The van der Waals surface area contributed by atoms with E-state index >= 15 is 0 Å². The number of carboxylic acids is 1. The Bertz CT molecular complexity index is 1370. The Kier molecular flexibility index (Phi) is 7.85. The predicted molar refractivity (Wildman–Crippen MR) is 148 cm³/mol. The van der Waals surface area contributed by atoms with E-state index in [4.69, 9.17) is 16.3 Å². The minimum Gasteiger partial charge on any atom is -0.477 e. The maximum Gasteiger partial charge on any atom is 0.352 e. The van der Waals surface area contributed by atoms with Crippen LogP contribution in [0.1, 0.15) is 12.1 Å². The van der Waals surface area contributed by atoms with E-state index < -0.39 is 29.2 Å². The number of rotatable bonds is 11. The van der Waals surface area contributed by atoms with Crippen LogP contribution in [0.25, 0.3) is 0 Å². The molecule has 0 unspecified atom stereocenters. The summed E-state index contributed by atoms with van der Waals surface area (Å²) in [5, 5.41) is 22.7. The number of hydrogen-bond donors (Lipinski definition) is 6. The van der Waals surface area contributed by atoms with Gasteiger partial charge < -0.3 is 36.9 Å². The summed E-state index contributed by atoms with van der Waals surface area (Å²) in [4.78, 5) is 50.4. The van der Waals surface area contributed by atoms with Crippen LogP contribution in [-0.4, -0.2) is 92.3 Å². The molecule has 2 amide bonds. The molecule has 0 saturated carbocycles. The largest absolute Gasteiger partial charge is 0.477 e. The zero-order valence-electron chi connectivity index (χ0n) is 21.4. The quantitative estimate of drug-likeness (QED) is 0.0799. The lowest BCUT2D eigenvalue weighted by Crippen LogP contribution is -2.71. The molecule has 1 fully saturated rings. The molecule has 2 atom stereocenters. The summed E-state index contributed by atoms with van der Waals surface area (Å²) in [5.74, 6) is -0.427. The van der Waals surface area contributed by atoms with Crippen molar-refractivity contribution in [3.05, 3.63) is 58.5 Å². The smallest absolute Gasteiger partial charge is 0.352 e. The van der Waals surface area contributed by atoms with Crippen molar-refractivity contribution in [2.75, 3.05) is 38.2 Å². The summed E-state index contributed by atoms with van der Waals surface area (Å²) in [7, 11) is 1.28. The van der Waals surface area contributed by atoms with Gasteiger partial charge in [-0.3, -0.25) is 19.9 Å². The normalized spacial score (nSPS) is 21.7. The molecular weight excluding hydrogens is 560 g/mol. The number of nitrogen functional groups attached to an aromatic ring is 1. The van der Waals surface area contributed by atoms with E-state index in [-0.39, 0.29) is 28.8 Å². The monoisotopic (exact) mass is 588 g/mol. The van der Waals surface area contributed by atoms with Gasteiger partial charge >= 0.3 is 5.97 Å². The van der Waals surface area contributed by atoms with E-state index in [1.165, 1.54) is 23.8 Å². The van der Waals surface area contributed by atoms with Crippen molar-refractivity contribution in [3.63, 3.8) is 0 Å². The number of allylic oxidation sites excluding steroid dienone is 2. The molecule has 0 spiro atoms. The second-order valence-electron chi connectivity index (χ2n) is 8.89. The van der Waals surface area contributed by atoms with Crippen LogP contribution in [0.15, 0.2) is 58.0 Å². The molecule has 5 heterocycles. The lowest BCUT2D eigenvalue weighted by atomic mass is 10.0. The standard InChI is InChI=1S/C23H28N10O5S2/c1-38-30-16(13-11-40-23(25)27-13)19(34)28-17-20(35)33-18(22(36)37)12(10-39-21(17)33)9-31-7-8-32-15(31)4-3-14(29-32)26-6-2-5-24/h3-4,7-8,11,17,21,26,29H,2,5-6,9-10,24H2,1H3,(H2,25,27)(H,28,34)(H,36,37)/b30-16-/t17-,21+/m1/s1. The molecule has 212 valence electrons. The summed E-state index contributed by atoms with van der Waals surface area (Å²) >= 11 is 2.51. The summed E-state index contributed by atoms with van der Waals surface area (Å²) in [6, 6.07) is -0.936. The summed E-state index contributed by atoms with van der Waals surface area (Å²) < 4.78 is 0. The number of amides is 2. The number of β-lactam (4-membered cyclic amide) rings is 1. The Labute approximate surface area is 237 Å². The van der Waals surface area contributed by atoms with Gasteiger partial charge in [0.15, 0.2) is 10.8 Å². The number of nitrogens with two attached hydrogens (primary N) is 2. The first-order chi connectivity index (χ1) is 19.3. The van der Waals surface area contributed by atoms with Crippen LogP contribution >= 0.6 is 23.1 Å². The Hall–Kier alpha value is -4.22. The number of thioether (sulfide) groups is 1. The highest BCUT2D eigenvalue weighted by atomic mass is 32.2. The van der Waals surface area contributed by atoms with Crippen molar-refractivity contribution in [3.8, 4) is 0 Å². The van der Waals surface area contributed by atoms with Crippen LogP contribution in [0, 0.1) is 0 Å². The van der Waals surface area contributed by atoms with Crippen molar-refractivity contribution in [1.82, 2.24) is 35.9 Å². The SMILES string of the molecule is CO/N=C(\C(=O)N[C@@H]1C(=O)N2C(C(=O)O)=C(CN3C=CN4NC(NCCCN)=CC=C34)CS[C@@H]12)c1csc(N)n1. The molecule has 0 bridgehead atoms. The minimum absolute atomic E-state index is 0.0757. The molecule has 0 radical (unpaired) electrons. The van der Waals surface area contributed by atoms with Gasteiger partial charge in [0.1, 0.15) is 41.6 Å². The molecule has 4 aliphatic rings. The van der Waals surface area contributed by atoms with Crippen LogP contribution < -0.4 is 27.5 Å². The Morgan fingerprint density at radius 2 is 2.17 bits per heavy atom. The highest BCUT2D eigenvalue weighted by molar-refractivity contribution is 8.00. The molecule has 0 aromatic carbocycles. The van der Waals surface area contributed by atoms with Crippen molar-refractivity contribution >= 4 is 51.7 Å². The van der Waals surface area contributed by atoms with Crippen molar-refractivity contribution in [2.24, 2.45) is 10.9 Å². The average Bonchev–Trinajstić information content (AvgIpc) is 3.55. The topological polar surface area (TPSA) is 204 Å². The van der Waals surface area contributed by atoms with Crippen molar-refractivity contribution in [1.29, 1.82) is 0 Å². The number of aliphatic carboxylic acids is 1. The molecule has 8 N–H and O–H groups in total. The van der Waals surface area contributed by atoms with Gasteiger partial charge in [0.2, 0.25) is 0 Å². The zero-order valence-corrected chi connectivity index (χ0v) is 23.0. The number of nitrogens with one attached hydrogen (secondary N) is 3. The number of hydrazine groups is 1. The van der Waals surface area contributed by atoms with E-state index in [2.05, 4.69) is 26.2 Å². The van der Waals surface area contributed by atoms with Gasteiger partial charge in [-0.15, -0.1) is 23.1 Å². The Morgan fingerprint density at radius 1 is 1.35 bits per heavy atom. The number of aromatic nitrogens is 1. The number of nitrogens with zero attached hydrogens (tertiary/aromatic N) is 5. The van der Waals surface area contributed by atoms with Gasteiger partial charge in [-0.05, 0) is 30.7 Å². The van der Waals surface area contributed by atoms with Gasteiger partial charge in [0.25, 0.3) is 11.8 Å². The summed E-state index contributed by atoms with van der Waals surface area (Å²) in [5.41, 5.74) is 15.0. The van der Waals surface area contributed by atoms with Gasteiger partial charge in [0.05, 0.1) is 0 Å². The van der Waals surface area contributed by atoms with E-state index in [9.17, 15) is 19.5 Å². The molecule has 15 nitrogen and oxygen atoms in total. The van der Waals surface area contributed by atoms with E-state index in [0.717, 1.165) is 35.9 Å². The molecule has 1 aromatic rings. The van der Waals surface area contributed by atoms with Crippen LogP contribution in [0.4, 0.5) is 5.13 Å². The molecule has 0 aliphatic carbocycles. The van der Waals surface area contributed by atoms with Gasteiger partial charge in [0, 0.05) is 36.6 Å².